The molecule has 0 saturated carbocycles. The molecular weight excluding hydrogens is 242 g/mol. The van der Waals surface area contributed by atoms with Crippen LogP contribution in [0.3, 0.4) is 0 Å². The zero-order chi connectivity index (χ0) is 13.8. The Bertz CT molecular complexity index is 590. The second-order valence-electron chi connectivity index (χ2n) is 4.11. The van der Waals surface area contributed by atoms with Crippen LogP contribution in [0.2, 0.25) is 0 Å². The number of oxime groups is 1. The Labute approximate surface area is 111 Å². The number of amidine groups is 1. The highest BCUT2D eigenvalue weighted by atomic mass is 16.4. The van der Waals surface area contributed by atoms with Crippen molar-refractivity contribution >= 4 is 17.5 Å². The van der Waals surface area contributed by atoms with Crippen LogP contribution in [0.25, 0.3) is 0 Å². The molecule has 0 aliphatic heterocycles. The molecule has 0 spiro atoms. The van der Waals surface area contributed by atoms with Crippen molar-refractivity contribution in [1.29, 1.82) is 0 Å². The third kappa shape index (κ3) is 2.52. The quantitative estimate of drug-likeness (QED) is 0.379. The molecule has 0 aliphatic rings. The van der Waals surface area contributed by atoms with E-state index < -0.39 is 0 Å². The largest absolute Gasteiger partial charge is 0.409 e. The first-order valence-electron chi connectivity index (χ1n) is 6.00. The Balaban J connectivity index is 2.37. The van der Waals surface area contributed by atoms with Crippen LogP contribution in [0, 0.1) is 0 Å². The number of nitrogens with two attached hydrogens (primary N) is 1. The fourth-order valence-corrected chi connectivity index (χ4v) is 1.89. The van der Waals surface area contributed by atoms with E-state index >= 15 is 0 Å². The number of benzene rings is 1. The summed E-state index contributed by atoms with van der Waals surface area (Å²) in [6, 6.07) is 7.45. The molecule has 19 heavy (non-hydrogen) atoms. The Morgan fingerprint density at radius 1 is 1.53 bits per heavy atom. The van der Waals surface area contributed by atoms with Crippen molar-refractivity contribution in [2.45, 2.75) is 13.5 Å². The molecule has 0 unspecified atom stereocenters. The predicted octanol–water partition coefficient (Wildman–Crippen LogP) is 1.77. The first-order chi connectivity index (χ1) is 9.17. The number of aryl methyl sites for hydroxylation is 1. The predicted molar refractivity (Wildman–Crippen MR) is 74.9 cm³/mol. The molecule has 0 atom stereocenters. The molecule has 1 heterocycles. The smallest absolute Gasteiger partial charge is 0.209 e. The van der Waals surface area contributed by atoms with Crippen molar-refractivity contribution in [2.75, 3.05) is 11.9 Å². The molecule has 1 aromatic carbocycles. The van der Waals surface area contributed by atoms with Crippen LogP contribution in [0.15, 0.2) is 41.8 Å². The van der Waals surface area contributed by atoms with Gasteiger partial charge in [0.15, 0.2) is 5.84 Å². The molecule has 2 aromatic rings. The Kier molecular flexibility index (Phi) is 3.70. The average Bonchev–Trinajstić information content (AvgIpc) is 2.94. The number of aromatic nitrogens is 2. The number of imidazole rings is 1. The maximum Gasteiger partial charge on any atom is 0.209 e. The van der Waals surface area contributed by atoms with Gasteiger partial charge in [-0.15, -0.1) is 0 Å². The van der Waals surface area contributed by atoms with Crippen molar-refractivity contribution in [2.24, 2.45) is 10.9 Å². The van der Waals surface area contributed by atoms with E-state index in [1.54, 1.807) is 12.3 Å². The highest BCUT2D eigenvalue weighted by Gasteiger charge is 2.10. The first kappa shape index (κ1) is 12.9. The van der Waals surface area contributed by atoms with Gasteiger partial charge in [-0.2, -0.15) is 0 Å². The molecule has 0 saturated heterocycles. The normalized spacial score (nSPS) is 11.6. The van der Waals surface area contributed by atoms with Crippen LogP contribution in [0.4, 0.5) is 11.6 Å². The van der Waals surface area contributed by atoms with E-state index in [1.807, 2.05) is 40.9 Å². The van der Waals surface area contributed by atoms with Crippen molar-refractivity contribution in [1.82, 2.24) is 9.55 Å². The zero-order valence-corrected chi connectivity index (χ0v) is 11.0. The molecule has 1 aromatic heterocycles. The van der Waals surface area contributed by atoms with Gasteiger partial charge < -0.3 is 20.4 Å². The third-order valence-corrected chi connectivity index (χ3v) is 2.97. The standard InChI is InChI=1S/C13H17N5O/c1-3-18-8-7-15-13(18)17(2)11-6-4-5-10(9-11)12(14)16-19/h4-9,19H,3H2,1-2H3,(H2,14,16). The van der Waals surface area contributed by atoms with Crippen molar-refractivity contribution in [3.05, 3.63) is 42.2 Å². The molecule has 0 radical (unpaired) electrons. The summed E-state index contributed by atoms with van der Waals surface area (Å²) in [6.07, 6.45) is 3.70. The molecule has 2 rings (SSSR count). The van der Waals surface area contributed by atoms with E-state index in [-0.39, 0.29) is 5.84 Å². The van der Waals surface area contributed by atoms with Gasteiger partial charge in [-0.1, -0.05) is 17.3 Å². The molecule has 0 aliphatic carbocycles. The first-order valence-corrected chi connectivity index (χ1v) is 6.00. The summed E-state index contributed by atoms with van der Waals surface area (Å²) in [7, 11) is 1.93. The van der Waals surface area contributed by atoms with E-state index in [2.05, 4.69) is 17.1 Å². The van der Waals surface area contributed by atoms with Gasteiger partial charge in [0, 0.05) is 37.2 Å². The maximum atomic E-state index is 8.72. The zero-order valence-electron chi connectivity index (χ0n) is 11.0. The molecule has 100 valence electrons. The monoisotopic (exact) mass is 259 g/mol. The second kappa shape index (κ2) is 5.43. The molecular formula is C13H17N5O. The summed E-state index contributed by atoms with van der Waals surface area (Å²) in [5.41, 5.74) is 7.19. The van der Waals surface area contributed by atoms with E-state index in [0.29, 0.717) is 5.56 Å². The SMILES string of the molecule is CCn1ccnc1N(C)c1cccc(C(N)=NO)c1. The summed E-state index contributed by atoms with van der Waals surface area (Å²) in [4.78, 5) is 6.29. The summed E-state index contributed by atoms with van der Waals surface area (Å²) >= 11 is 0. The van der Waals surface area contributed by atoms with Crippen LogP contribution in [-0.4, -0.2) is 27.6 Å². The number of hydrogen-bond acceptors (Lipinski definition) is 4. The van der Waals surface area contributed by atoms with E-state index in [0.717, 1.165) is 18.2 Å². The molecule has 6 heteroatoms. The van der Waals surface area contributed by atoms with Gasteiger partial charge in [-0.3, -0.25) is 0 Å². The van der Waals surface area contributed by atoms with Crippen LogP contribution >= 0.6 is 0 Å². The highest BCUT2D eigenvalue weighted by molar-refractivity contribution is 5.97. The van der Waals surface area contributed by atoms with E-state index in [4.69, 9.17) is 10.9 Å². The number of rotatable bonds is 4. The van der Waals surface area contributed by atoms with Gasteiger partial charge in [0.1, 0.15) is 0 Å². The third-order valence-electron chi connectivity index (χ3n) is 2.97. The molecule has 0 fully saturated rings. The Hall–Kier alpha value is -2.50. The van der Waals surface area contributed by atoms with Crippen molar-refractivity contribution < 1.29 is 5.21 Å². The number of nitrogens with zero attached hydrogens (tertiary/aromatic N) is 4. The molecule has 3 N–H and O–H groups in total. The van der Waals surface area contributed by atoms with Crippen LogP contribution in [0.1, 0.15) is 12.5 Å². The van der Waals surface area contributed by atoms with E-state index in [9.17, 15) is 0 Å². The van der Waals surface area contributed by atoms with Gasteiger partial charge in [0.2, 0.25) is 5.95 Å². The Morgan fingerprint density at radius 3 is 3.00 bits per heavy atom. The lowest BCUT2D eigenvalue weighted by atomic mass is 10.2. The lowest BCUT2D eigenvalue weighted by Crippen LogP contribution is -2.17. The van der Waals surface area contributed by atoms with E-state index in [1.165, 1.54) is 0 Å². The molecule has 0 bridgehead atoms. The van der Waals surface area contributed by atoms with Gasteiger partial charge in [0.05, 0.1) is 0 Å². The maximum absolute atomic E-state index is 8.72. The average molecular weight is 259 g/mol. The van der Waals surface area contributed by atoms with Gasteiger partial charge in [-0.05, 0) is 19.1 Å². The minimum Gasteiger partial charge on any atom is -0.409 e. The molecule has 6 nitrogen and oxygen atoms in total. The van der Waals surface area contributed by atoms with Crippen molar-refractivity contribution in [3.63, 3.8) is 0 Å². The fraction of sp³-hybridized carbons (Fsp3) is 0.231. The Morgan fingerprint density at radius 2 is 2.32 bits per heavy atom. The fourth-order valence-electron chi connectivity index (χ4n) is 1.89. The van der Waals surface area contributed by atoms with Gasteiger partial charge in [-0.25, -0.2) is 4.98 Å². The number of hydrogen-bond donors (Lipinski definition) is 2. The minimum absolute atomic E-state index is 0.0917. The van der Waals surface area contributed by atoms with Crippen LogP contribution in [-0.2, 0) is 6.54 Å². The summed E-state index contributed by atoms with van der Waals surface area (Å²) in [6.45, 7) is 2.91. The van der Waals surface area contributed by atoms with Crippen LogP contribution < -0.4 is 10.6 Å². The summed E-state index contributed by atoms with van der Waals surface area (Å²) in [5, 5.41) is 11.7. The summed E-state index contributed by atoms with van der Waals surface area (Å²) in [5.74, 6) is 0.938. The van der Waals surface area contributed by atoms with Crippen molar-refractivity contribution in [3.8, 4) is 0 Å². The number of anilines is 2. The summed E-state index contributed by atoms with van der Waals surface area (Å²) < 4.78 is 2.04. The molecule has 0 amide bonds. The van der Waals surface area contributed by atoms with Gasteiger partial charge >= 0.3 is 0 Å². The van der Waals surface area contributed by atoms with Gasteiger partial charge in [0.25, 0.3) is 0 Å². The minimum atomic E-state index is 0.0917. The lowest BCUT2D eigenvalue weighted by Gasteiger charge is -2.19. The lowest BCUT2D eigenvalue weighted by molar-refractivity contribution is 0.318. The second-order valence-corrected chi connectivity index (χ2v) is 4.11. The highest BCUT2D eigenvalue weighted by Crippen LogP contribution is 2.22. The topological polar surface area (TPSA) is 79.7 Å². The van der Waals surface area contributed by atoms with Crippen LogP contribution in [0.5, 0.6) is 0 Å².